The Labute approximate surface area is 117 Å². The average molecular weight is 271 g/mol. The monoisotopic (exact) mass is 271 g/mol. The van der Waals surface area contributed by atoms with Crippen molar-refractivity contribution in [2.45, 2.75) is 18.9 Å². The summed E-state index contributed by atoms with van der Waals surface area (Å²) >= 11 is 0. The molecule has 1 aliphatic heterocycles. The molecule has 1 saturated heterocycles. The van der Waals surface area contributed by atoms with Crippen LogP contribution in [0, 0.1) is 0 Å². The number of hydrogen-bond acceptors (Lipinski definition) is 4. The van der Waals surface area contributed by atoms with Crippen molar-refractivity contribution < 1.29 is 9.53 Å². The molecule has 104 valence electrons. The number of carbonyl (C=O) groups is 1. The number of benzene rings is 1. The maximum atomic E-state index is 10.8. The summed E-state index contributed by atoms with van der Waals surface area (Å²) < 4.78 is 6.05. The van der Waals surface area contributed by atoms with Gasteiger partial charge in [-0.3, -0.25) is 9.78 Å². The van der Waals surface area contributed by atoms with Gasteiger partial charge in [0.05, 0.1) is 11.2 Å². The van der Waals surface area contributed by atoms with Crippen molar-refractivity contribution in [3.05, 3.63) is 30.5 Å². The van der Waals surface area contributed by atoms with E-state index in [0.29, 0.717) is 17.8 Å². The lowest BCUT2D eigenvalue weighted by Gasteiger charge is -2.25. The van der Waals surface area contributed by atoms with E-state index >= 15 is 0 Å². The number of piperidine rings is 1. The second-order valence-corrected chi connectivity index (χ2v) is 4.87. The van der Waals surface area contributed by atoms with E-state index in [9.17, 15) is 4.79 Å². The molecule has 0 atom stereocenters. The standard InChI is InChI=1S/C15H17N3O2/c19-10-18-14-8-11-2-1-5-17-13(11)9-15(14)20-12-3-6-16-7-4-12/h1-2,5,8-10,12,16H,3-4,6-7H2,(H,18,19). The Morgan fingerprint density at radius 1 is 1.35 bits per heavy atom. The lowest BCUT2D eigenvalue weighted by atomic mass is 10.1. The Balaban J connectivity index is 1.93. The Kier molecular flexibility index (Phi) is 3.78. The van der Waals surface area contributed by atoms with Gasteiger partial charge >= 0.3 is 0 Å². The van der Waals surface area contributed by atoms with Crippen LogP contribution in [0.25, 0.3) is 10.9 Å². The summed E-state index contributed by atoms with van der Waals surface area (Å²) in [5.74, 6) is 0.690. The fourth-order valence-corrected chi connectivity index (χ4v) is 2.47. The van der Waals surface area contributed by atoms with Crippen LogP contribution < -0.4 is 15.4 Å². The molecule has 1 amide bonds. The first kappa shape index (κ1) is 12.9. The molecule has 0 bridgehead atoms. The minimum atomic E-state index is 0.185. The van der Waals surface area contributed by atoms with E-state index in [-0.39, 0.29) is 6.10 Å². The summed E-state index contributed by atoms with van der Waals surface area (Å²) in [5.41, 5.74) is 1.56. The fourth-order valence-electron chi connectivity index (χ4n) is 2.47. The first-order valence-corrected chi connectivity index (χ1v) is 6.83. The molecule has 1 aromatic heterocycles. The number of nitrogens with one attached hydrogen (secondary N) is 2. The molecule has 2 aromatic rings. The molecule has 0 radical (unpaired) electrons. The minimum absolute atomic E-state index is 0.185. The average Bonchev–Trinajstić information content (AvgIpc) is 2.49. The molecule has 1 aromatic carbocycles. The third-order valence-corrected chi connectivity index (χ3v) is 3.50. The molecule has 0 saturated carbocycles. The highest BCUT2D eigenvalue weighted by atomic mass is 16.5. The number of amides is 1. The number of nitrogens with zero attached hydrogens (tertiary/aromatic N) is 1. The molecule has 2 N–H and O–H groups in total. The van der Waals surface area contributed by atoms with Gasteiger partial charge in [-0.25, -0.2) is 0 Å². The van der Waals surface area contributed by atoms with Gasteiger partial charge in [-0.15, -0.1) is 0 Å². The van der Waals surface area contributed by atoms with E-state index in [1.54, 1.807) is 6.20 Å². The predicted molar refractivity (Wildman–Crippen MR) is 77.9 cm³/mol. The number of pyridine rings is 1. The Bertz CT molecular complexity index is 609. The highest BCUT2D eigenvalue weighted by Crippen LogP contribution is 2.31. The van der Waals surface area contributed by atoms with Gasteiger partial charge < -0.3 is 15.4 Å². The topological polar surface area (TPSA) is 63.2 Å². The molecular formula is C15H17N3O2. The molecule has 0 unspecified atom stereocenters. The zero-order chi connectivity index (χ0) is 13.8. The van der Waals surface area contributed by atoms with Gasteiger partial charge in [0.1, 0.15) is 11.9 Å². The number of aromatic nitrogens is 1. The van der Waals surface area contributed by atoms with Gasteiger partial charge in [0.15, 0.2) is 0 Å². The lowest BCUT2D eigenvalue weighted by molar-refractivity contribution is -0.105. The number of rotatable bonds is 4. The maximum Gasteiger partial charge on any atom is 0.211 e. The van der Waals surface area contributed by atoms with Crippen LogP contribution in [0.4, 0.5) is 5.69 Å². The molecule has 5 heteroatoms. The Morgan fingerprint density at radius 2 is 2.20 bits per heavy atom. The van der Waals surface area contributed by atoms with E-state index in [4.69, 9.17) is 4.74 Å². The smallest absolute Gasteiger partial charge is 0.211 e. The van der Waals surface area contributed by atoms with Crippen molar-refractivity contribution in [2.24, 2.45) is 0 Å². The van der Waals surface area contributed by atoms with Crippen molar-refractivity contribution in [1.29, 1.82) is 0 Å². The van der Waals surface area contributed by atoms with Crippen molar-refractivity contribution in [2.75, 3.05) is 18.4 Å². The first-order valence-electron chi connectivity index (χ1n) is 6.83. The molecule has 5 nitrogen and oxygen atoms in total. The van der Waals surface area contributed by atoms with Gasteiger partial charge in [-0.2, -0.15) is 0 Å². The van der Waals surface area contributed by atoms with Gasteiger partial charge in [0.25, 0.3) is 0 Å². The maximum absolute atomic E-state index is 10.8. The van der Waals surface area contributed by atoms with Crippen LogP contribution in [0.1, 0.15) is 12.8 Å². The highest BCUT2D eigenvalue weighted by Gasteiger charge is 2.16. The summed E-state index contributed by atoms with van der Waals surface area (Å²) in [5, 5.41) is 7.00. The van der Waals surface area contributed by atoms with Gasteiger partial charge in [-0.05, 0) is 38.1 Å². The molecule has 1 fully saturated rings. The van der Waals surface area contributed by atoms with Crippen molar-refractivity contribution in [1.82, 2.24) is 10.3 Å². The van der Waals surface area contributed by atoms with Crippen LogP contribution in [0.5, 0.6) is 5.75 Å². The van der Waals surface area contributed by atoms with Crippen LogP contribution in [0.15, 0.2) is 30.5 Å². The van der Waals surface area contributed by atoms with E-state index in [0.717, 1.165) is 36.8 Å². The molecule has 3 rings (SSSR count). The second-order valence-electron chi connectivity index (χ2n) is 4.87. The van der Waals surface area contributed by atoms with Crippen LogP contribution in [-0.4, -0.2) is 30.6 Å². The van der Waals surface area contributed by atoms with Gasteiger partial charge in [0, 0.05) is 17.6 Å². The summed E-state index contributed by atoms with van der Waals surface area (Å²) in [6, 6.07) is 7.63. The van der Waals surface area contributed by atoms with E-state index in [1.807, 2.05) is 24.3 Å². The van der Waals surface area contributed by atoms with Crippen molar-refractivity contribution >= 4 is 23.0 Å². The zero-order valence-corrected chi connectivity index (χ0v) is 11.1. The third-order valence-electron chi connectivity index (χ3n) is 3.50. The number of hydrogen-bond donors (Lipinski definition) is 2. The fraction of sp³-hybridized carbons (Fsp3) is 0.333. The Morgan fingerprint density at radius 3 is 3.00 bits per heavy atom. The number of ether oxygens (including phenoxy) is 1. The van der Waals surface area contributed by atoms with E-state index in [1.165, 1.54) is 0 Å². The van der Waals surface area contributed by atoms with Crippen LogP contribution in [0.2, 0.25) is 0 Å². The Hall–Kier alpha value is -2.14. The van der Waals surface area contributed by atoms with E-state index < -0.39 is 0 Å². The third kappa shape index (κ3) is 2.72. The van der Waals surface area contributed by atoms with Crippen molar-refractivity contribution in [3.8, 4) is 5.75 Å². The summed E-state index contributed by atoms with van der Waals surface area (Å²) in [7, 11) is 0. The van der Waals surface area contributed by atoms with Crippen LogP contribution in [0.3, 0.4) is 0 Å². The summed E-state index contributed by atoms with van der Waals surface area (Å²) in [6.07, 6.45) is 4.56. The van der Waals surface area contributed by atoms with E-state index in [2.05, 4.69) is 15.6 Å². The summed E-state index contributed by atoms with van der Waals surface area (Å²) in [6.45, 7) is 1.93. The largest absolute Gasteiger partial charge is 0.488 e. The first-order chi connectivity index (χ1) is 9.86. The molecule has 20 heavy (non-hydrogen) atoms. The molecular weight excluding hydrogens is 254 g/mol. The quantitative estimate of drug-likeness (QED) is 0.834. The van der Waals surface area contributed by atoms with Crippen LogP contribution >= 0.6 is 0 Å². The molecule has 2 heterocycles. The van der Waals surface area contributed by atoms with Gasteiger partial charge in [0.2, 0.25) is 6.41 Å². The molecule has 0 spiro atoms. The number of carbonyl (C=O) groups excluding carboxylic acids is 1. The minimum Gasteiger partial charge on any atom is -0.488 e. The molecule has 0 aliphatic carbocycles. The second kappa shape index (κ2) is 5.88. The zero-order valence-electron chi connectivity index (χ0n) is 11.1. The van der Waals surface area contributed by atoms with Gasteiger partial charge in [-0.1, -0.05) is 6.07 Å². The van der Waals surface area contributed by atoms with Crippen LogP contribution in [-0.2, 0) is 4.79 Å². The van der Waals surface area contributed by atoms with Crippen molar-refractivity contribution in [3.63, 3.8) is 0 Å². The SMILES string of the molecule is O=CNc1cc2cccnc2cc1OC1CCNCC1. The normalized spacial score (nSPS) is 16.0. The lowest BCUT2D eigenvalue weighted by Crippen LogP contribution is -2.34. The summed E-state index contributed by atoms with van der Waals surface area (Å²) in [4.78, 5) is 15.1. The number of anilines is 1. The molecule has 1 aliphatic rings. The highest BCUT2D eigenvalue weighted by molar-refractivity contribution is 5.88. The predicted octanol–water partition coefficient (Wildman–Crippen LogP) is 1.93. The number of fused-ring (bicyclic) bond motifs is 1.